The summed E-state index contributed by atoms with van der Waals surface area (Å²) in [6, 6.07) is 1.82. The highest BCUT2D eigenvalue weighted by atomic mass is 35.5. The lowest BCUT2D eigenvalue weighted by molar-refractivity contribution is 0.924. The Hall–Kier alpha value is -0.830. The molecule has 3 nitrogen and oxygen atoms in total. The quantitative estimate of drug-likeness (QED) is 0.645. The van der Waals surface area contributed by atoms with E-state index in [0.717, 1.165) is 18.5 Å². The second-order valence-corrected chi connectivity index (χ2v) is 3.49. The first kappa shape index (κ1) is 6.85. The highest BCUT2D eigenvalue weighted by molar-refractivity contribution is 6.25. The normalized spacial score (nSPS) is 19.7. The number of halogens is 1. The van der Waals surface area contributed by atoms with Gasteiger partial charge in [-0.2, -0.15) is 0 Å². The van der Waals surface area contributed by atoms with Gasteiger partial charge in [-0.1, -0.05) is 0 Å². The van der Waals surface area contributed by atoms with Gasteiger partial charge in [0.25, 0.3) is 0 Å². The summed E-state index contributed by atoms with van der Waals surface area (Å²) in [4.78, 5) is 7.61. The molecule has 0 saturated heterocycles. The molecule has 1 aliphatic rings. The van der Waals surface area contributed by atoms with Crippen molar-refractivity contribution in [2.45, 2.75) is 17.7 Å². The van der Waals surface area contributed by atoms with Gasteiger partial charge in [0.05, 0.1) is 10.6 Å². The maximum absolute atomic E-state index is 6.10. The molecule has 1 heterocycles. The van der Waals surface area contributed by atoms with Crippen LogP contribution in [-0.4, -0.2) is 9.97 Å². The van der Waals surface area contributed by atoms with Crippen LogP contribution in [0.5, 0.6) is 0 Å². The van der Waals surface area contributed by atoms with E-state index in [-0.39, 0.29) is 4.87 Å². The molecular formula is C7H8ClN3. The van der Waals surface area contributed by atoms with Crippen LogP contribution in [-0.2, 0) is 4.87 Å². The summed E-state index contributed by atoms with van der Waals surface area (Å²) in [7, 11) is 0. The lowest BCUT2D eigenvalue weighted by Crippen LogP contribution is -2.03. The van der Waals surface area contributed by atoms with Crippen LogP contribution in [0, 0.1) is 0 Å². The molecule has 58 valence electrons. The number of alkyl halides is 1. The molecular weight excluding hydrogens is 162 g/mol. The Labute approximate surface area is 69.6 Å². The Kier molecular flexibility index (Phi) is 1.29. The zero-order chi connectivity index (χ0) is 7.90. The lowest BCUT2D eigenvalue weighted by atomic mass is 10.3. The van der Waals surface area contributed by atoms with Crippen molar-refractivity contribution >= 4 is 17.5 Å². The molecule has 2 N–H and O–H groups in total. The fraction of sp³-hybridized carbons (Fsp3) is 0.429. The summed E-state index contributed by atoms with van der Waals surface area (Å²) in [5, 5.41) is 0. The molecule has 0 atom stereocenters. The number of anilines is 1. The summed E-state index contributed by atoms with van der Waals surface area (Å²) < 4.78 is 0. The molecule has 11 heavy (non-hydrogen) atoms. The van der Waals surface area contributed by atoms with Crippen LogP contribution in [0.3, 0.4) is 0 Å². The van der Waals surface area contributed by atoms with Gasteiger partial charge < -0.3 is 5.73 Å². The van der Waals surface area contributed by atoms with Crippen molar-refractivity contribution in [1.82, 2.24) is 9.97 Å². The van der Waals surface area contributed by atoms with E-state index in [4.69, 9.17) is 17.3 Å². The molecule has 0 aromatic carbocycles. The van der Waals surface area contributed by atoms with E-state index in [1.165, 1.54) is 0 Å². The van der Waals surface area contributed by atoms with Crippen molar-refractivity contribution in [3.63, 3.8) is 0 Å². The standard InChI is InChI=1S/C7H8ClN3/c8-7(2-3-7)5-1-4-10-6(9)11-5/h1,4H,2-3H2,(H2,9,10,11). The van der Waals surface area contributed by atoms with Gasteiger partial charge >= 0.3 is 0 Å². The van der Waals surface area contributed by atoms with Crippen molar-refractivity contribution in [1.29, 1.82) is 0 Å². The first-order valence-corrected chi connectivity index (χ1v) is 3.86. The summed E-state index contributed by atoms with van der Waals surface area (Å²) >= 11 is 6.10. The Balaban J connectivity index is 2.38. The Morgan fingerprint density at radius 1 is 1.55 bits per heavy atom. The fourth-order valence-corrected chi connectivity index (χ4v) is 1.19. The molecule has 0 spiro atoms. The highest BCUT2D eigenvalue weighted by Crippen LogP contribution is 2.51. The molecule has 0 unspecified atom stereocenters. The van der Waals surface area contributed by atoms with Gasteiger partial charge in [-0.25, -0.2) is 9.97 Å². The SMILES string of the molecule is Nc1nccc(C2(Cl)CC2)n1. The van der Waals surface area contributed by atoms with Gasteiger partial charge in [0.1, 0.15) is 0 Å². The monoisotopic (exact) mass is 169 g/mol. The third-order valence-electron chi connectivity index (χ3n) is 1.82. The Bertz CT molecular complexity index is 283. The number of nitrogens with zero attached hydrogens (tertiary/aromatic N) is 2. The molecule has 1 aliphatic carbocycles. The minimum atomic E-state index is -0.225. The minimum Gasteiger partial charge on any atom is -0.368 e. The maximum Gasteiger partial charge on any atom is 0.220 e. The summed E-state index contributed by atoms with van der Waals surface area (Å²) in [5.41, 5.74) is 6.26. The van der Waals surface area contributed by atoms with E-state index >= 15 is 0 Å². The molecule has 1 fully saturated rings. The van der Waals surface area contributed by atoms with Crippen LogP contribution in [0.25, 0.3) is 0 Å². The van der Waals surface area contributed by atoms with Crippen LogP contribution in [0.4, 0.5) is 5.95 Å². The van der Waals surface area contributed by atoms with Crippen LogP contribution in [0.1, 0.15) is 18.5 Å². The van der Waals surface area contributed by atoms with E-state index in [9.17, 15) is 0 Å². The minimum absolute atomic E-state index is 0.225. The second kappa shape index (κ2) is 2.08. The van der Waals surface area contributed by atoms with Crippen molar-refractivity contribution < 1.29 is 0 Å². The van der Waals surface area contributed by atoms with Crippen LogP contribution >= 0.6 is 11.6 Å². The van der Waals surface area contributed by atoms with Crippen LogP contribution < -0.4 is 5.73 Å². The van der Waals surface area contributed by atoms with Gasteiger partial charge in [-0.3, -0.25) is 0 Å². The van der Waals surface area contributed by atoms with E-state index in [0.29, 0.717) is 5.95 Å². The van der Waals surface area contributed by atoms with Crippen molar-refractivity contribution in [3.8, 4) is 0 Å². The molecule has 4 heteroatoms. The van der Waals surface area contributed by atoms with Gasteiger partial charge in [0.15, 0.2) is 0 Å². The van der Waals surface area contributed by atoms with E-state index < -0.39 is 0 Å². The largest absolute Gasteiger partial charge is 0.368 e. The number of hydrogen-bond donors (Lipinski definition) is 1. The number of nitrogen functional groups attached to an aromatic ring is 1. The fourth-order valence-electron chi connectivity index (χ4n) is 0.989. The molecule has 0 bridgehead atoms. The first-order valence-electron chi connectivity index (χ1n) is 3.49. The van der Waals surface area contributed by atoms with Crippen LogP contribution in [0.15, 0.2) is 12.3 Å². The van der Waals surface area contributed by atoms with Crippen molar-refractivity contribution in [2.24, 2.45) is 0 Å². The van der Waals surface area contributed by atoms with Gasteiger partial charge in [-0.05, 0) is 18.9 Å². The maximum atomic E-state index is 6.10. The van der Waals surface area contributed by atoms with Gasteiger partial charge in [-0.15, -0.1) is 11.6 Å². The molecule has 1 saturated carbocycles. The van der Waals surface area contributed by atoms with Crippen molar-refractivity contribution in [3.05, 3.63) is 18.0 Å². The molecule has 1 aromatic rings. The topological polar surface area (TPSA) is 51.8 Å². The molecule has 0 radical (unpaired) electrons. The third-order valence-corrected chi connectivity index (χ3v) is 2.39. The molecule has 0 amide bonds. The summed E-state index contributed by atoms with van der Waals surface area (Å²) in [6.45, 7) is 0. The predicted octanol–water partition coefficient (Wildman–Crippen LogP) is 1.29. The number of hydrogen-bond acceptors (Lipinski definition) is 3. The van der Waals surface area contributed by atoms with Gasteiger partial charge in [0.2, 0.25) is 5.95 Å². The molecule has 1 aromatic heterocycles. The summed E-state index contributed by atoms with van der Waals surface area (Å²) in [5.74, 6) is 0.300. The Morgan fingerprint density at radius 3 is 2.82 bits per heavy atom. The number of rotatable bonds is 1. The first-order chi connectivity index (χ1) is 5.21. The second-order valence-electron chi connectivity index (χ2n) is 2.77. The number of nitrogens with two attached hydrogens (primary N) is 1. The third kappa shape index (κ3) is 1.16. The average Bonchev–Trinajstić information content (AvgIpc) is 2.70. The zero-order valence-corrected chi connectivity index (χ0v) is 6.67. The predicted molar refractivity (Wildman–Crippen MR) is 43.2 cm³/mol. The Morgan fingerprint density at radius 2 is 2.27 bits per heavy atom. The van der Waals surface area contributed by atoms with Crippen molar-refractivity contribution in [2.75, 3.05) is 5.73 Å². The van der Waals surface area contributed by atoms with Gasteiger partial charge in [0, 0.05) is 6.20 Å². The lowest BCUT2D eigenvalue weighted by Gasteiger charge is -2.03. The zero-order valence-electron chi connectivity index (χ0n) is 5.92. The average molecular weight is 170 g/mol. The van der Waals surface area contributed by atoms with Crippen LogP contribution in [0.2, 0.25) is 0 Å². The van der Waals surface area contributed by atoms with E-state index in [1.807, 2.05) is 6.07 Å². The van der Waals surface area contributed by atoms with E-state index in [1.54, 1.807) is 6.20 Å². The summed E-state index contributed by atoms with van der Waals surface area (Å²) in [6.07, 6.45) is 3.62. The smallest absolute Gasteiger partial charge is 0.220 e. The number of aromatic nitrogens is 2. The molecule has 2 rings (SSSR count). The molecule has 0 aliphatic heterocycles. The van der Waals surface area contributed by atoms with E-state index in [2.05, 4.69) is 9.97 Å². The highest BCUT2D eigenvalue weighted by Gasteiger charge is 2.43.